The Morgan fingerprint density at radius 3 is 0.704 bits per heavy atom. The highest BCUT2D eigenvalue weighted by molar-refractivity contribution is 7.20. The molecule has 0 atom stereocenters. The predicted molar refractivity (Wildman–Crippen MR) is 148 cm³/mol. The van der Waals surface area contributed by atoms with Gasteiger partial charge in [0, 0.05) is 6.07 Å². The fourth-order valence-corrected chi connectivity index (χ4v) is 5.72. The van der Waals surface area contributed by atoms with Gasteiger partial charge in [-0.05, 0) is 18.6 Å². The zero-order valence-electron chi connectivity index (χ0n) is 26.0. The van der Waals surface area contributed by atoms with Gasteiger partial charge in [-0.2, -0.15) is 0 Å². The van der Waals surface area contributed by atoms with Gasteiger partial charge in [0.2, 0.25) is 0 Å². The third kappa shape index (κ3) is 6.08. The molecule has 0 saturated heterocycles. The standard InChI is InChI=1S/C24BF20.C8H11N/c26-5-1(6(27)14(35)21(42)13(5)34)25(2-7(28)15(36)22(43)16(37)8(2)29,3-9(30)17(38)23(44)18(39)10(3)31)4-11(32)19(40)24(45)20(41)12(4)33;1-7-4-3-5-8(6-7)9-2/h;3-6,9H,1-2H3/q-1;/p+1. The molecule has 5 aromatic rings. The van der Waals surface area contributed by atoms with Crippen molar-refractivity contribution >= 4 is 33.7 Å². The summed E-state index contributed by atoms with van der Waals surface area (Å²) in [6, 6.07) is 8.45. The van der Waals surface area contributed by atoms with Gasteiger partial charge >= 0.3 is 0 Å². The summed E-state index contributed by atoms with van der Waals surface area (Å²) in [5.41, 5.74) is -11.7. The van der Waals surface area contributed by atoms with Crippen molar-refractivity contribution in [3.8, 4) is 0 Å². The molecule has 0 amide bonds. The van der Waals surface area contributed by atoms with E-state index in [4.69, 9.17) is 0 Å². The largest absolute Gasteiger partial charge is 0.316 e. The first kappa shape index (κ1) is 41.5. The number of halogens is 20. The van der Waals surface area contributed by atoms with Crippen LogP contribution in [0.15, 0.2) is 24.3 Å². The number of hydrogen-bond donors (Lipinski definition) is 1. The lowest BCUT2D eigenvalue weighted by Gasteiger charge is -2.44. The van der Waals surface area contributed by atoms with E-state index in [1.807, 2.05) is 0 Å². The van der Waals surface area contributed by atoms with Crippen LogP contribution < -0.4 is 27.2 Å². The normalized spacial score (nSPS) is 11.6. The first-order valence-corrected chi connectivity index (χ1v) is 14.1. The van der Waals surface area contributed by atoms with E-state index < -0.39 is 144 Å². The van der Waals surface area contributed by atoms with Gasteiger partial charge in [0.1, 0.15) is 58.4 Å². The molecule has 0 bridgehead atoms. The Hall–Kier alpha value is -5.28. The summed E-state index contributed by atoms with van der Waals surface area (Å²) < 4.78 is 294. The number of benzene rings is 5. The van der Waals surface area contributed by atoms with Crippen LogP contribution in [0.2, 0.25) is 0 Å². The first-order valence-electron chi connectivity index (χ1n) is 14.1. The van der Waals surface area contributed by atoms with Crippen LogP contribution in [-0.2, 0) is 0 Å². The van der Waals surface area contributed by atoms with E-state index >= 15 is 35.1 Å². The summed E-state index contributed by atoms with van der Waals surface area (Å²) in [7, 11) is 2.05. The Kier molecular flexibility index (Phi) is 11.4. The fourth-order valence-electron chi connectivity index (χ4n) is 5.72. The van der Waals surface area contributed by atoms with E-state index in [9.17, 15) is 52.7 Å². The van der Waals surface area contributed by atoms with Crippen LogP contribution in [0.4, 0.5) is 93.5 Å². The fraction of sp³-hybridized carbons (Fsp3) is 0.0625. The maximum atomic E-state index is 15.4. The minimum absolute atomic E-state index is 1.30. The van der Waals surface area contributed by atoms with Crippen molar-refractivity contribution in [3.05, 3.63) is 146 Å². The minimum atomic E-state index is -7.22. The van der Waals surface area contributed by atoms with Gasteiger partial charge in [0.05, 0.1) is 7.05 Å². The summed E-state index contributed by atoms with van der Waals surface area (Å²) in [5, 5.41) is 2.10. The molecule has 0 saturated carbocycles. The Bertz CT molecular complexity index is 1960. The highest BCUT2D eigenvalue weighted by Crippen LogP contribution is 2.30. The van der Waals surface area contributed by atoms with Crippen molar-refractivity contribution in [2.24, 2.45) is 0 Å². The second-order valence-corrected chi connectivity index (χ2v) is 11.0. The van der Waals surface area contributed by atoms with Crippen molar-refractivity contribution in [3.63, 3.8) is 0 Å². The van der Waals surface area contributed by atoms with Crippen molar-refractivity contribution in [2.45, 2.75) is 6.92 Å². The summed E-state index contributed by atoms with van der Waals surface area (Å²) in [6.07, 6.45) is -7.22. The molecular formula is C32H12BF20N. The SMILES string of the molecule is C[NH2+]c1cccc(C)c1.Fc1c(F)c(F)c([B-](c2c(F)c(F)c(F)c(F)c2F)(c2c(F)c(F)c(F)c(F)c2F)c2c(F)c(F)c(F)c(F)c2F)c(F)c1F. The van der Waals surface area contributed by atoms with E-state index in [0.29, 0.717) is 0 Å². The van der Waals surface area contributed by atoms with E-state index in [1.54, 1.807) is 0 Å². The molecule has 5 rings (SSSR count). The molecule has 54 heavy (non-hydrogen) atoms. The van der Waals surface area contributed by atoms with Gasteiger partial charge in [-0.25, -0.2) is 87.8 Å². The third-order valence-corrected chi connectivity index (χ3v) is 8.08. The molecule has 0 spiro atoms. The van der Waals surface area contributed by atoms with Gasteiger partial charge in [-0.1, -0.05) is 12.1 Å². The van der Waals surface area contributed by atoms with Crippen LogP contribution in [0.1, 0.15) is 5.56 Å². The minimum Gasteiger partial charge on any atom is -0.316 e. The van der Waals surface area contributed by atoms with Crippen LogP contribution >= 0.6 is 0 Å². The number of nitrogens with two attached hydrogens (primary N) is 1. The molecular weight excluding hydrogens is 789 g/mol. The van der Waals surface area contributed by atoms with Crippen molar-refractivity contribution in [2.75, 3.05) is 7.05 Å². The molecule has 22 heteroatoms. The number of rotatable bonds is 5. The molecule has 0 aliphatic carbocycles. The highest BCUT2D eigenvalue weighted by atomic mass is 19.2. The summed E-state index contributed by atoms with van der Waals surface area (Å²) >= 11 is 0. The molecule has 0 aromatic heterocycles. The number of hydrogen-bond acceptors (Lipinski definition) is 0. The molecule has 0 unspecified atom stereocenters. The van der Waals surface area contributed by atoms with E-state index in [1.165, 1.54) is 11.3 Å². The summed E-state index contributed by atoms with van der Waals surface area (Å²) in [6.45, 7) is 2.10. The Balaban J connectivity index is 0.000000631. The predicted octanol–water partition coefficient (Wildman–Crippen LogP) is 6.67. The third-order valence-electron chi connectivity index (χ3n) is 8.08. The molecule has 0 aliphatic heterocycles. The maximum Gasteiger partial charge on any atom is 0.200 e. The second-order valence-electron chi connectivity index (χ2n) is 11.0. The topological polar surface area (TPSA) is 16.6 Å². The molecule has 1 nitrogen and oxygen atoms in total. The molecule has 5 aromatic carbocycles. The van der Waals surface area contributed by atoms with Gasteiger partial charge in [0.25, 0.3) is 0 Å². The van der Waals surface area contributed by atoms with Crippen molar-refractivity contribution in [1.29, 1.82) is 0 Å². The average molecular weight is 801 g/mol. The van der Waals surface area contributed by atoms with E-state index in [0.717, 1.165) is 0 Å². The molecule has 0 radical (unpaired) electrons. The van der Waals surface area contributed by atoms with Gasteiger partial charge in [-0.3, -0.25) is 0 Å². The highest BCUT2D eigenvalue weighted by Gasteiger charge is 2.52. The molecule has 0 heterocycles. The number of aryl methyl sites for hydroxylation is 1. The molecule has 0 fully saturated rings. The Morgan fingerprint density at radius 1 is 0.333 bits per heavy atom. The average Bonchev–Trinajstić information content (AvgIpc) is 3.14. The number of quaternary nitrogens is 1. The monoisotopic (exact) mass is 801 g/mol. The Labute approximate surface area is 287 Å². The molecule has 2 N–H and O–H groups in total. The van der Waals surface area contributed by atoms with Crippen LogP contribution in [-0.4, -0.2) is 13.2 Å². The summed E-state index contributed by atoms with van der Waals surface area (Å²) in [5.74, 6) is -71.4. The van der Waals surface area contributed by atoms with Gasteiger partial charge in [-0.15, -0.1) is 21.9 Å². The van der Waals surface area contributed by atoms with Crippen LogP contribution in [0, 0.1) is 123 Å². The first-order chi connectivity index (χ1) is 25.0. The zero-order valence-corrected chi connectivity index (χ0v) is 26.0. The van der Waals surface area contributed by atoms with E-state index in [-0.39, 0.29) is 0 Å². The lowest BCUT2D eigenvalue weighted by Crippen LogP contribution is -2.81. The van der Waals surface area contributed by atoms with Crippen molar-refractivity contribution < 1.29 is 93.1 Å². The lowest BCUT2D eigenvalue weighted by molar-refractivity contribution is -0.539. The van der Waals surface area contributed by atoms with Gasteiger partial charge < -0.3 is 5.32 Å². The van der Waals surface area contributed by atoms with Gasteiger partial charge in [0.15, 0.2) is 69.8 Å². The lowest BCUT2D eigenvalue weighted by atomic mass is 9.12. The van der Waals surface area contributed by atoms with Crippen LogP contribution in [0.25, 0.3) is 0 Å². The summed E-state index contributed by atoms with van der Waals surface area (Å²) in [4.78, 5) is 0. The second kappa shape index (κ2) is 14.9. The molecule has 288 valence electrons. The quantitative estimate of drug-likeness (QED) is 0.0674. The smallest absolute Gasteiger partial charge is 0.200 e. The van der Waals surface area contributed by atoms with Crippen LogP contribution in [0.3, 0.4) is 0 Å². The zero-order chi connectivity index (χ0) is 41.0. The maximum absolute atomic E-state index is 15.4. The van der Waals surface area contributed by atoms with Crippen molar-refractivity contribution in [1.82, 2.24) is 0 Å². The molecule has 0 aliphatic rings. The van der Waals surface area contributed by atoms with E-state index in [2.05, 4.69) is 43.6 Å². The Morgan fingerprint density at radius 2 is 0.537 bits per heavy atom. The van der Waals surface area contributed by atoms with Crippen LogP contribution in [0.5, 0.6) is 0 Å².